The maximum atomic E-state index is 12.0. The summed E-state index contributed by atoms with van der Waals surface area (Å²) in [6, 6.07) is 18.3. The van der Waals surface area contributed by atoms with Crippen LogP contribution in [0.25, 0.3) is 0 Å². The Bertz CT molecular complexity index is 682. The third kappa shape index (κ3) is 5.86. The summed E-state index contributed by atoms with van der Waals surface area (Å²) in [6.45, 7) is 5.50. The van der Waals surface area contributed by atoms with E-state index in [4.69, 9.17) is 4.74 Å². The molecule has 0 saturated carbocycles. The number of carbonyl (C=O) groups is 1. The molecule has 140 valence electrons. The van der Waals surface area contributed by atoms with E-state index in [1.165, 1.54) is 0 Å². The lowest BCUT2D eigenvalue weighted by Gasteiger charge is -2.28. The summed E-state index contributed by atoms with van der Waals surface area (Å²) >= 11 is 0. The lowest BCUT2D eigenvalue weighted by molar-refractivity contribution is -0.0000553. The van der Waals surface area contributed by atoms with Gasteiger partial charge in [-0.25, -0.2) is 4.79 Å². The molecule has 3 N–H and O–H groups in total. The first-order chi connectivity index (χ1) is 12.3. The standard InChI is InChI=1S/C21H27NO4/c1-21(2,3)26-20(25)22-14-17(15-10-6-4-7-11-15)19(24)18(23)16-12-8-5-9-13-16/h4-13,17-19,23-24H,14H2,1-3H3,(H,22,25)/t17-,18?,19+/m1/s1. The second kappa shape index (κ2) is 8.83. The molecule has 0 heterocycles. The zero-order chi connectivity index (χ0) is 19.2. The molecule has 2 aromatic rings. The van der Waals surface area contributed by atoms with E-state index in [2.05, 4.69) is 5.32 Å². The fraction of sp³-hybridized carbons (Fsp3) is 0.381. The van der Waals surface area contributed by atoms with Gasteiger partial charge in [-0.2, -0.15) is 0 Å². The predicted molar refractivity (Wildman–Crippen MR) is 101 cm³/mol. The molecule has 0 aliphatic carbocycles. The van der Waals surface area contributed by atoms with Crippen LogP contribution in [0.1, 0.15) is 43.9 Å². The zero-order valence-electron chi connectivity index (χ0n) is 15.4. The Morgan fingerprint density at radius 3 is 1.96 bits per heavy atom. The van der Waals surface area contributed by atoms with E-state index in [0.717, 1.165) is 5.56 Å². The summed E-state index contributed by atoms with van der Waals surface area (Å²) in [4.78, 5) is 12.0. The van der Waals surface area contributed by atoms with Gasteiger partial charge in [0.05, 0.1) is 6.10 Å². The monoisotopic (exact) mass is 357 g/mol. The van der Waals surface area contributed by atoms with E-state index in [0.29, 0.717) is 5.56 Å². The van der Waals surface area contributed by atoms with E-state index in [-0.39, 0.29) is 6.54 Å². The number of hydrogen-bond donors (Lipinski definition) is 3. The molecule has 0 saturated heterocycles. The van der Waals surface area contributed by atoms with Crippen LogP contribution < -0.4 is 5.32 Å². The number of aliphatic hydroxyl groups excluding tert-OH is 2. The van der Waals surface area contributed by atoms with E-state index >= 15 is 0 Å². The first kappa shape index (κ1) is 19.9. The number of aliphatic hydroxyl groups is 2. The van der Waals surface area contributed by atoms with Crippen molar-refractivity contribution in [2.75, 3.05) is 6.54 Å². The molecule has 2 aromatic carbocycles. The Balaban J connectivity index is 2.15. The molecule has 3 atom stereocenters. The minimum absolute atomic E-state index is 0.143. The SMILES string of the molecule is CC(C)(C)OC(=O)NC[C@H](c1ccccc1)[C@H](O)C(O)c1ccccc1. The summed E-state index contributed by atoms with van der Waals surface area (Å²) in [5, 5.41) is 24.1. The smallest absolute Gasteiger partial charge is 0.407 e. The number of ether oxygens (including phenoxy) is 1. The highest BCUT2D eigenvalue weighted by Gasteiger charge is 2.29. The molecule has 1 amide bonds. The van der Waals surface area contributed by atoms with Crippen LogP contribution in [0.4, 0.5) is 4.79 Å². The highest BCUT2D eigenvalue weighted by Crippen LogP contribution is 2.28. The number of hydrogen-bond acceptors (Lipinski definition) is 4. The Kier molecular flexibility index (Phi) is 6.77. The maximum absolute atomic E-state index is 12.0. The van der Waals surface area contributed by atoms with Gasteiger partial charge in [-0.1, -0.05) is 60.7 Å². The van der Waals surface area contributed by atoms with E-state index in [1.807, 2.05) is 48.5 Å². The quantitative estimate of drug-likeness (QED) is 0.740. The van der Waals surface area contributed by atoms with Crippen LogP contribution >= 0.6 is 0 Å². The molecular formula is C21H27NO4. The van der Waals surface area contributed by atoms with E-state index < -0.39 is 29.8 Å². The molecular weight excluding hydrogens is 330 g/mol. The minimum Gasteiger partial charge on any atom is -0.444 e. The van der Waals surface area contributed by atoms with Crippen LogP contribution in [-0.2, 0) is 4.74 Å². The van der Waals surface area contributed by atoms with Crippen molar-refractivity contribution in [3.63, 3.8) is 0 Å². The molecule has 0 bridgehead atoms. The average Bonchev–Trinajstić information content (AvgIpc) is 2.61. The van der Waals surface area contributed by atoms with Gasteiger partial charge in [0, 0.05) is 12.5 Å². The van der Waals surface area contributed by atoms with Crippen LogP contribution in [0.3, 0.4) is 0 Å². The van der Waals surface area contributed by atoms with Crippen LogP contribution in [0.15, 0.2) is 60.7 Å². The summed E-state index contributed by atoms with van der Waals surface area (Å²) < 4.78 is 5.25. The minimum atomic E-state index is -1.09. The van der Waals surface area contributed by atoms with Gasteiger partial charge in [0.25, 0.3) is 0 Å². The van der Waals surface area contributed by atoms with Gasteiger partial charge >= 0.3 is 6.09 Å². The molecule has 0 aliphatic rings. The fourth-order valence-corrected chi connectivity index (χ4v) is 2.71. The van der Waals surface area contributed by atoms with Gasteiger partial charge in [-0.3, -0.25) is 0 Å². The summed E-state index contributed by atoms with van der Waals surface area (Å²) in [5.41, 5.74) is 0.846. The second-order valence-electron chi connectivity index (χ2n) is 7.25. The van der Waals surface area contributed by atoms with Crippen LogP contribution in [0.2, 0.25) is 0 Å². The lowest BCUT2D eigenvalue weighted by atomic mass is 9.88. The second-order valence-corrected chi connectivity index (χ2v) is 7.25. The van der Waals surface area contributed by atoms with Gasteiger partial charge < -0.3 is 20.3 Å². The highest BCUT2D eigenvalue weighted by molar-refractivity contribution is 5.67. The molecule has 1 unspecified atom stereocenters. The Hall–Kier alpha value is -2.37. The fourth-order valence-electron chi connectivity index (χ4n) is 2.71. The molecule has 5 nitrogen and oxygen atoms in total. The number of carbonyl (C=O) groups excluding carboxylic acids is 1. The van der Waals surface area contributed by atoms with Crippen molar-refractivity contribution in [2.24, 2.45) is 0 Å². The van der Waals surface area contributed by atoms with E-state index in [1.54, 1.807) is 32.9 Å². The Labute approximate surface area is 154 Å². The molecule has 0 spiro atoms. The van der Waals surface area contributed by atoms with Crippen molar-refractivity contribution in [1.82, 2.24) is 5.32 Å². The zero-order valence-corrected chi connectivity index (χ0v) is 15.4. The summed E-state index contributed by atoms with van der Waals surface area (Å²) in [5.74, 6) is -0.487. The van der Waals surface area contributed by atoms with Crippen molar-refractivity contribution in [2.45, 2.75) is 44.5 Å². The number of benzene rings is 2. The van der Waals surface area contributed by atoms with Crippen molar-refractivity contribution in [1.29, 1.82) is 0 Å². The third-order valence-corrected chi connectivity index (χ3v) is 3.97. The van der Waals surface area contributed by atoms with Crippen molar-refractivity contribution in [3.05, 3.63) is 71.8 Å². The van der Waals surface area contributed by atoms with Gasteiger partial charge in [0.2, 0.25) is 0 Å². The number of amides is 1. The lowest BCUT2D eigenvalue weighted by Crippen LogP contribution is -2.39. The maximum Gasteiger partial charge on any atom is 0.407 e. The molecule has 26 heavy (non-hydrogen) atoms. The predicted octanol–water partition coefficient (Wildman–Crippen LogP) is 3.39. The van der Waals surface area contributed by atoms with Gasteiger partial charge in [-0.15, -0.1) is 0 Å². The van der Waals surface area contributed by atoms with Crippen LogP contribution in [0.5, 0.6) is 0 Å². The van der Waals surface area contributed by atoms with Gasteiger partial charge in [-0.05, 0) is 31.9 Å². The Morgan fingerprint density at radius 2 is 1.46 bits per heavy atom. The molecule has 5 heteroatoms. The first-order valence-corrected chi connectivity index (χ1v) is 8.71. The van der Waals surface area contributed by atoms with Gasteiger partial charge in [0.1, 0.15) is 11.7 Å². The summed E-state index contributed by atoms with van der Waals surface area (Å²) in [7, 11) is 0. The van der Waals surface area contributed by atoms with Crippen molar-refractivity contribution in [3.8, 4) is 0 Å². The normalized spacial score (nSPS) is 15.0. The molecule has 0 aromatic heterocycles. The molecule has 0 fully saturated rings. The topological polar surface area (TPSA) is 78.8 Å². The van der Waals surface area contributed by atoms with Gasteiger partial charge in [0.15, 0.2) is 0 Å². The van der Waals surface area contributed by atoms with Crippen molar-refractivity contribution >= 4 is 6.09 Å². The third-order valence-electron chi connectivity index (χ3n) is 3.97. The molecule has 2 rings (SSSR count). The largest absolute Gasteiger partial charge is 0.444 e. The van der Waals surface area contributed by atoms with Crippen LogP contribution in [-0.4, -0.2) is 34.6 Å². The number of alkyl carbamates (subject to hydrolysis) is 1. The molecule has 0 aliphatic heterocycles. The first-order valence-electron chi connectivity index (χ1n) is 8.71. The molecule has 0 radical (unpaired) electrons. The average molecular weight is 357 g/mol. The number of rotatable bonds is 6. The Morgan fingerprint density at radius 1 is 0.962 bits per heavy atom. The van der Waals surface area contributed by atoms with Crippen LogP contribution in [0, 0.1) is 0 Å². The number of nitrogens with one attached hydrogen (secondary N) is 1. The van der Waals surface area contributed by atoms with Crippen molar-refractivity contribution < 1.29 is 19.7 Å². The highest BCUT2D eigenvalue weighted by atomic mass is 16.6. The van der Waals surface area contributed by atoms with E-state index in [9.17, 15) is 15.0 Å². The summed E-state index contributed by atoms with van der Waals surface area (Å²) in [6.07, 6.45) is -2.71.